The number of fused-ring (bicyclic) bond motifs is 2. The summed E-state index contributed by atoms with van der Waals surface area (Å²) in [7, 11) is 0. The minimum absolute atomic E-state index is 0.0925. The number of halogens is 2. The van der Waals surface area contributed by atoms with Gasteiger partial charge in [0.25, 0.3) is 0 Å². The molecule has 1 heterocycles. The number of aryl methyl sites for hydroxylation is 2. The van der Waals surface area contributed by atoms with Crippen molar-refractivity contribution in [3.05, 3.63) is 112 Å². The molecule has 3 aromatic carbocycles. The van der Waals surface area contributed by atoms with E-state index < -0.39 is 11.6 Å². The molecule has 1 aliphatic carbocycles. The minimum Gasteiger partial charge on any atom is -0.327 e. The summed E-state index contributed by atoms with van der Waals surface area (Å²) in [5.41, 5.74) is 13.4. The van der Waals surface area contributed by atoms with Crippen LogP contribution in [-0.4, -0.2) is 17.6 Å². The molecule has 1 aromatic heterocycles. The van der Waals surface area contributed by atoms with Gasteiger partial charge < -0.3 is 11.1 Å². The van der Waals surface area contributed by atoms with Crippen LogP contribution in [0.15, 0.2) is 72.8 Å². The fourth-order valence-electron chi connectivity index (χ4n) is 5.67. The predicted molar refractivity (Wildman–Crippen MR) is 142 cm³/mol. The topological polar surface area (TPSA) is 50.9 Å². The zero-order chi connectivity index (χ0) is 25.1. The molecular weight excluding hydrogens is 452 g/mol. The van der Waals surface area contributed by atoms with Gasteiger partial charge in [0.2, 0.25) is 0 Å². The molecule has 0 aliphatic heterocycles. The van der Waals surface area contributed by atoms with Crippen LogP contribution < -0.4 is 11.1 Å². The highest BCUT2D eigenvalue weighted by molar-refractivity contribution is 5.79. The third kappa shape index (κ3) is 5.48. The van der Waals surface area contributed by atoms with Crippen LogP contribution in [0.4, 0.5) is 8.78 Å². The second-order valence-electron chi connectivity index (χ2n) is 9.98. The average molecular weight is 486 g/mol. The number of pyridine rings is 1. The van der Waals surface area contributed by atoms with Crippen molar-refractivity contribution >= 4 is 10.9 Å². The largest absolute Gasteiger partial charge is 0.327 e. The van der Waals surface area contributed by atoms with Crippen molar-refractivity contribution in [3.8, 4) is 0 Å². The lowest BCUT2D eigenvalue weighted by molar-refractivity contribution is 0.327. The van der Waals surface area contributed by atoms with E-state index in [1.54, 1.807) is 0 Å². The molecule has 3 N–H and O–H groups in total. The van der Waals surface area contributed by atoms with Gasteiger partial charge in [0.15, 0.2) is 0 Å². The number of hydrogen-bond donors (Lipinski definition) is 2. The van der Waals surface area contributed by atoms with Gasteiger partial charge in [-0.05, 0) is 84.0 Å². The second-order valence-corrected chi connectivity index (χ2v) is 9.98. The number of nitrogens with one attached hydrogen (secondary N) is 1. The van der Waals surface area contributed by atoms with Crippen molar-refractivity contribution in [2.45, 2.75) is 51.1 Å². The van der Waals surface area contributed by atoms with Gasteiger partial charge in [-0.1, -0.05) is 49.4 Å². The van der Waals surface area contributed by atoms with Gasteiger partial charge in [-0.3, -0.25) is 4.98 Å². The van der Waals surface area contributed by atoms with Crippen LogP contribution in [0.5, 0.6) is 0 Å². The zero-order valence-corrected chi connectivity index (χ0v) is 20.7. The van der Waals surface area contributed by atoms with Gasteiger partial charge in [-0.2, -0.15) is 0 Å². The van der Waals surface area contributed by atoms with Gasteiger partial charge in [-0.25, -0.2) is 8.78 Å². The Kier molecular flexibility index (Phi) is 7.40. The summed E-state index contributed by atoms with van der Waals surface area (Å²) in [5, 5.41) is 4.77. The highest BCUT2D eigenvalue weighted by Gasteiger charge is 2.34. The SMILES string of the molecule is CCc1cccc(CNCC(C(N)Cc2cc(F)cc(F)c2)[C@H]2CCc3nc4ccccc4cc32)c1. The molecule has 3 nitrogen and oxygen atoms in total. The molecule has 0 bridgehead atoms. The Morgan fingerprint density at radius 1 is 0.944 bits per heavy atom. The van der Waals surface area contributed by atoms with E-state index in [9.17, 15) is 8.78 Å². The van der Waals surface area contributed by atoms with Crippen LogP contribution in [-0.2, 0) is 25.8 Å². The summed E-state index contributed by atoms with van der Waals surface area (Å²) < 4.78 is 27.8. The summed E-state index contributed by atoms with van der Waals surface area (Å²) in [5.74, 6) is -0.802. The highest BCUT2D eigenvalue weighted by Crippen LogP contribution is 2.40. The maximum absolute atomic E-state index is 13.9. The number of hydrogen-bond acceptors (Lipinski definition) is 3. The Balaban J connectivity index is 1.40. The van der Waals surface area contributed by atoms with Crippen molar-refractivity contribution in [2.24, 2.45) is 11.7 Å². The fourth-order valence-corrected chi connectivity index (χ4v) is 5.67. The summed E-state index contributed by atoms with van der Waals surface area (Å²) in [6.45, 7) is 3.62. The number of para-hydroxylation sites is 1. The molecule has 0 fully saturated rings. The third-order valence-electron chi connectivity index (χ3n) is 7.50. The number of benzene rings is 3. The van der Waals surface area contributed by atoms with E-state index in [4.69, 9.17) is 10.7 Å². The van der Waals surface area contributed by atoms with Crippen LogP contribution in [0.3, 0.4) is 0 Å². The number of aromatic nitrogens is 1. The number of nitrogens with zero attached hydrogens (tertiary/aromatic N) is 1. The molecule has 1 aliphatic rings. The number of nitrogens with two attached hydrogens (primary N) is 1. The van der Waals surface area contributed by atoms with Gasteiger partial charge >= 0.3 is 0 Å². The first-order valence-corrected chi connectivity index (χ1v) is 12.9. The maximum Gasteiger partial charge on any atom is 0.126 e. The first-order chi connectivity index (χ1) is 17.5. The molecule has 186 valence electrons. The lowest BCUT2D eigenvalue weighted by Gasteiger charge is -2.31. The van der Waals surface area contributed by atoms with E-state index in [2.05, 4.69) is 54.7 Å². The molecule has 4 aromatic rings. The summed E-state index contributed by atoms with van der Waals surface area (Å²) in [6, 6.07) is 22.5. The molecule has 0 radical (unpaired) electrons. The molecule has 36 heavy (non-hydrogen) atoms. The standard InChI is InChI=1S/C31H33F2N3/c1-2-20-6-5-7-21(12-20)18-35-19-28(29(34)15-22-13-24(32)17-25(33)14-22)26-10-11-31-27(26)16-23-8-3-4-9-30(23)36-31/h3-9,12-14,16-17,26,28-29,35H,2,10-11,15,18-19,34H2,1H3/t26-,28?,29?/m0/s1. The van der Waals surface area contributed by atoms with Gasteiger partial charge in [0, 0.05) is 36.3 Å². The molecule has 0 amide bonds. The predicted octanol–water partition coefficient (Wildman–Crippen LogP) is 6.08. The maximum atomic E-state index is 13.9. The lowest BCUT2D eigenvalue weighted by atomic mass is 9.80. The van der Waals surface area contributed by atoms with E-state index in [0.717, 1.165) is 48.5 Å². The highest BCUT2D eigenvalue weighted by atomic mass is 19.1. The number of rotatable bonds is 9. The Morgan fingerprint density at radius 3 is 2.53 bits per heavy atom. The van der Waals surface area contributed by atoms with E-state index in [0.29, 0.717) is 18.5 Å². The average Bonchev–Trinajstić information content (AvgIpc) is 3.27. The van der Waals surface area contributed by atoms with Crippen LogP contribution in [0, 0.1) is 17.6 Å². The minimum atomic E-state index is -0.565. The van der Waals surface area contributed by atoms with Crippen LogP contribution in [0.1, 0.15) is 47.2 Å². The lowest BCUT2D eigenvalue weighted by Crippen LogP contribution is -2.41. The first kappa shape index (κ1) is 24.5. The van der Waals surface area contributed by atoms with E-state index in [1.807, 2.05) is 12.1 Å². The normalized spacial score (nSPS) is 16.7. The molecule has 5 heteroatoms. The summed E-state index contributed by atoms with van der Waals surface area (Å²) in [4.78, 5) is 4.94. The van der Waals surface area contributed by atoms with Crippen molar-refractivity contribution in [3.63, 3.8) is 0 Å². The van der Waals surface area contributed by atoms with Crippen molar-refractivity contribution in [1.29, 1.82) is 0 Å². The van der Waals surface area contributed by atoms with Crippen molar-refractivity contribution in [2.75, 3.05) is 6.54 Å². The molecule has 2 unspecified atom stereocenters. The first-order valence-electron chi connectivity index (χ1n) is 12.9. The Hall–Kier alpha value is -3.15. The zero-order valence-electron chi connectivity index (χ0n) is 20.7. The molecule has 0 spiro atoms. The van der Waals surface area contributed by atoms with E-state index in [-0.39, 0.29) is 17.9 Å². The summed E-state index contributed by atoms with van der Waals surface area (Å²) in [6.07, 6.45) is 3.31. The van der Waals surface area contributed by atoms with Crippen LogP contribution >= 0.6 is 0 Å². The van der Waals surface area contributed by atoms with Gasteiger partial charge in [0.05, 0.1) is 5.52 Å². The summed E-state index contributed by atoms with van der Waals surface area (Å²) >= 11 is 0. The smallest absolute Gasteiger partial charge is 0.126 e. The van der Waals surface area contributed by atoms with Crippen LogP contribution in [0.2, 0.25) is 0 Å². The molecule has 0 saturated heterocycles. The quantitative estimate of drug-likeness (QED) is 0.302. The third-order valence-corrected chi connectivity index (χ3v) is 7.50. The van der Waals surface area contributed by atoms with E-state index >= 15 is 0 Å². The second kappa shape index (κ2) is 10.9. The van der Waals surface area contributed by atoms with Crippen LogP contribution in [0.25, 0.3) is 10.9 Å². The molecule has 0 saturated carbocycles. The Morgan fingerprint density at radius 2 is 1.72 bits per heavy atom. The fraction of sp³-hybridized carbons (Fsp3) is 0.323. The Labute approximate surface area is 211 Å². The van der Waals surface area contributed by atoms with Gasteiger partial charge in [-0.15, -0.1) is 0 Å². The monoisotopic (exact) mass is 485 g/mol. The molecule has 5 rings (SSSR count). The Bertz CT molecular complexity index is 1330. The van der Waals surface area contributed by atoms with Crippen molar-refractivity contribution in [1.82, 2.24) is 10.3 Å². The molecular formula is C31H33F2N3. The van der Waals surface area contributed by atoms with Gasteiger partial charge in [0.1, 0.15) is 11.6 Å². The van der Waals surface area contributed by atoms with E-state index in [1.165, 1.54) is 28.8 Å². The molecule has 3 atom stereocenters. The van der Waals surface area contributed by atoms with Crippen molar-refractivity contribution < 1.29 is 8.78 Å².